The molecule has 0 atom stereocenters. The van der Waals surface area contributed by atoms with Gasteiger partial charge in [0.1, 0.15) is 5.75 Å². The lowest BCUT2D eigenvalue weighted by Crippen LogP contribution is -1.98. The zero-order valence-corrected chi connectivity index (χ0v) is 15.3. The minimum absolute atomic E-state index is 0.0657. The molecular weight excluding hydrogens is 352 g/mol. The van der Waals surface area contributed by atoms with Crippen molar-refractivity contribution in [2.75, 3.05) is 28.4 Å². The second-order valence-corrected chi connectivity index (χ2v) is 5.58. The molecule has 0 unspecified atom stereocenters. The lowest BCUT2D eigenvalue weighted by molar-refractivity contribution is -0.384. The molecule has 0 amide bonds. The molecule has 0 fully saturated rings. The van der Waals surface area contributed by atoms with Crippen LogP contribution in [0.25, 0.3) is 22.0 Å². The summed E-state index contributed by atoms with van der Waals surface area (Å²) < 4.78 is 21.5. The van der Waals surface area contributed by atoms with E-state index in [-0.39, 0.29) is 5.69 Å². The van der Waals surface area contributed by atoms with Gasteiger partial charge in [0.2, 0.25) is 5.88 Å². The zero-order chi connectivity index (χ0) is 19.6. The minimum atomic E-state index is -0.463. The molecular formula is C19H18N2O6. The second-order valence-electron chi connectivity index (χ2n) is 5.58. The third-order valence-corrected chi connectivity index (χ3v) is 4.17. The van der Waals surface area contributed by atoms with Crippen LogP contribution < -0.4 is 18.9 Å². The first-order valence-electron chi connectivity index (χ1n) is 7.96. The molecule has 1 heterocycles. The van der Waals surface area contributed by atoms with Gasteiger partial charge in [0.25, 0.3) is 5.69 Å². The van der Waals surface area contributed by atoms with Crippen molar-refractivity contribution in [3.63, 3.8) is 0 Å². The van der Waals surface area contributed by atoms with Gasteiger partial charge >= 0.3 is 0 Å². The average Bonchev–Trinajstić information content (AvgIpc) is 2.71. The maximum Gasteiger partial charge on any atom is 0.270 e. The van der Waals surface area contributed by atoms with Crippen molar-refractivity contribution in [2.24, 2.45) is 0 Å². The molecule has 0 aliphatic carbocycles. The molecule has 8 nitrogen and oxygen atoms in total. The fraction of sp³-hybridized carbons (Fsp3) is 0.211. The first-order chi connectivity index (χ1) is 13.0. The standard InChI is InChI=1S/C19H18N2O6/c1-24-15-6-5-12(21(22)23)9-14(15)19-13-10-17(26-3)16(25-2)7-11(13)8-18(20-19)27-4/h5-10H,1-4H3. The second kappa shape index (κ2) is 7.36. The Labute approximate surface area is 155 Å². The van der Waals surface area contributed by atoms with E-state index < -0.39 is 4.92 Å². The molecule has 0 spiro atoms. The highest BCUT2D eigenvalue weighted by Gasteiger charge is 2.19. The molecule has 3 rings (SSSR count). The lowest BCUT2D eigenvalue weighted by atomic mass is 10.0. The molecule has 0 saturated carbocycles. The number of benzene rings is 2. The number of hydrogen-bond acceptors (Lipinski definition) is 7. The Morgan fingerprint density at radius 2 is 1.52 bits per heavy atom. The molecule has 0 aliphatic rings. The number of nitro groups is 1. The lowest BCUT2D eigenvalue weighted by Gasteiger charge is -2.14. The summed E-state index contributed by atoms with van der Waals surface area (Å²) in [6, 6.07) is 9.68. The first kappa shape index (κ1) is 18.2. The number of non-ortho nitro benzene ring substituents is 1. The Bertz CT molecular complexity index is 1020. The van der Waals surface area contributed by atoms with Crippen LogP contribution in [-0.2, 0) is 0 Å². The van der Waals surface area contributed by atoms with Gasteiger partial charge in [0.15, 0.2) is 11.5 Å². The van der Waals surface area contributed by atoms with Crippen molar-refractivity contribution in [3.05, 3.63) is 46.5 Å². The molecule has 1 aromatic heterocycles. The van der Waals surface area contributed by atoms with E-state index in [1.54, 1.807) is 31.4 Å². The molecule has 0 aliphatic heterocycles. The molecule has 27 heavy (non-hydrogen) atoms. The highest BCUT2D eigenvalue weighted by Crippen LogP contribution is 2.41. The van der Waals surface area contributed by atoms with Crippen LogP contribution in [0.2, 0.25) is 0 Å². The van der Waals surface area contributed by atoms with E-state index >= 15 is 0 Å². The number of hydrogen-bond donors (Lipinski definition) is 0. The van der Waals surface area contributed by atoms with Gasteiger partial charge in [-0.05, 0) is 23.6 Å². The third kappa shape index (κ3) is 3.29. The summed E-state index contributed by atoms with van der Waals surface area (Å²) in [5, 5.41) is 12.7. The molecule has 0 bridgehead atoms. The summed E-state index contributed by atoms with van der Waals surface area (Å²) in [5.74, 6) is 1.88. The molecule has 0 saturated heterocycles. The van der Waals surface area contributed by atoms with Crippen LogP contribution >= 0.6 is 0 Å². The number of pyridine rings is 1. The summed E-state index contributed by atoms with van der Waals surface area (Å²) in [4.78, 5) is 15.3. The number of rotatable bonds is 6. The first-order valence-corrected chi connectivity index (χ1v) is 7.96. The Kier molecular flexibility index (Phi) is 4.98. The fourth-order valence-corrected chi connectivity index (χ4v) is 2.86. The Morgan fingerprint density at radius 1 is 0.852 bits per heavy atom. The van der Waals surface area contributed by atoms with Gasteiger partial charge in [-0.25, -0.2) is 4.98 Å². The van der Waals surface area contributed by atoms with Crippen molar-refractivity contribution in [1.82, 2.24) is 4.98 Å². The number of fused-ring (bicyclic) bond motifs is 1. The average molecular weight is 370 g/mol. The number of nitrogens with zero attached hydrogens (tertiary/aromatic N) is 2. The highest BCUT2D eigenvalue weighted by molar-refractivity contribution is 5.98. The summed E-state index contributed by atoms with van der Waals surface area (Å²) in [5.41, 5.74) is 0.887. The van der Waals surface area contributed by atoms with Gasteiger partial charge in [-0.2, -0.15) is 0 Å². The van der Waals surface area contributed by atoms with Crippen LogP contribution in [0, 0.1) is 10.1 Å². The molecule has 3 aromatic rings. The smallest absolute Gasteiger partial charge is 0.270 e. The van der Waals surface area contributed by atoms with Crippen molar-refractivity contribution in [1.29, 1.82) is 0 Å². The van der Waals surface area contributed by atoms with Crippen LogP contribution in [-0.4, -0.2) is 38.3 Å². The van der Waals surface area contributed by atoms with Gasteiger partial charge in [0.05, 0.1) is 39.1 Å². The van der Waals surface area contributed by atoms with Gasteiger partial charge in [-0.3, -0.25) is 10.1 Å². The van der Waals surface area contributed by atoms with Crippen LogP contribution in [0.15, 0.2) is 36.4 Å². The Hall–Kier alpha value is -3.55. The maximum atomic E-state index is 11.2. The maximum absolute atomic E-state index is 11.2. The molecule has 0 radical (unpaired) electrons. The van der Waals surface area contributed by atoms with Gasteiger partial charge in [0, 0.05) is 29.1 Å². The predicted octanol–water partition coefficient (Wildman–Crippen LogP) is 3.84. The number of ether oxygens (including phenoxy) is 4. The zero-order valence-electron chi connectivity index (χ0n) is 15.3. The van der Waals surface area contributed by atoms with Crippen LogP contribution in [0.3, 0.4) is 0 Å². The molecule has 8 heteroatoms. The van der Waals surface area contributed by atoms with Crippen LogP contribution in [0.4, 0.5) is 5.69 Å². The van der Waals surface area contributed by atoms with E-state index in [1.165, 1.54) is 33.5 Å². The highest BCUT2D eigenvalue weighted by atomic mass is 16.6. The van der Waals surface area contributed by atoms with E-state index in [0.29, 0.717) is 39.8 Å². The summed E-state index contributed by atoms with van der Waals surface area (Å²) >= 11 is 0. The number of methoxy groups -OCH3 is 4. The van der Waals surface area contributed by atoms with E-state index in [4.69, 9.17) is 18.9 Å². The van der Waals surface area contributed by atoms with Crippen molar-refractivity contribution in [2.45, 2.75) is 0 Å². The van der Waals surface area contributed by atoms with E-state index in [1.807, 2.05) is 0 Å². The van der Waals surface area contributed by atoms with Crippen molar-refractivity contribution in [3.8, 4) is 34.4 Å². The normalized spacial score (nSPS) is 10.5. The van der Waals surface area contributed by atoms with E-state index in [0.717, 1.165) is 5.39 Å². The van der Waals surface area contributed by atoms with Crippen molar-refractivity contribution < 1.29 is 23.9 Å². The summed E-state index contributed by atoms with van der Waals surface area (Å²) in [7, 11) is 6.08. The van der Waals surface area contributed by atoms with Crippen LogP contribution in [0.5, 0.6) is 23.1 Å². The molecule has 2 aromatic carbocycles. The SMILES string of the molecule is COc1cc2cc(OC)c(OC)cc2c(-c2cc([N+](=O)[O-])ccc2OC)n1. The van der Waals surface area contributed by atoms with Gasteiger partial charge in [-0.1, -0.05) is 0 Å². The minimum Gasteiger partial charge on any atom is -0.496 e. The Morgan fingerprint density at radius 3 is 2.11 bits per heavy atom. The summed E-state index contributed by atoms with van der Waals surface area (Å²) in [6.45, 7) is 0. The fourth-order valence-electron chi connectivity index (χ4n) is 2.86. The quantitative estimate of drug-likeness (QED) is 0.481. The van der Waals surface area contributed by atoms with E-state index in [2.05, 4.69) is 4.98 Å². The monoisotopic (exact) mass is 370 g/mol. The summed E-state index contributed by atoms with van der Waals surface area (Å²) in [6.07, 6.45) is 0. The number of nitro benzene ring substituents is 1. The predicted molar refractivity (Wildman–Crippen MR) is 100 cm³/mol. The van der Waals surface area contributed by atoms with Gasteiger partial charge in [-0.15, -0.1) is 0 Å². The van der Waals surface area contributed by atoms with Crippen molar-refractivity contribution >= 4 is 16.5 Å². The van der Waals surface area contributed by atoms with Crippen LogP contribution in [0.1, 0.15) is 0 Å². The van der Waals surface area contributed by atoms with E-state index in [9.17, 15) is 10.1 Å². The molecule has 0 N–H and O–H groups in total. The Balaban J connectivity index is 2.39. The molecule has 140 valence electrons. The third-order valence-electron chi connectivity index (χ3n) is 4.17. The van der Waals surface area contributed by atoms with Gasteiger partial charge < -0.3 is 18.9 Å². The number of aromatic nitrogens is 1. The largest absolute Gasteiger partial charge is 0.496 e. The topological polar surface area (TPSA) is 93.0 Å².